The van der Waals surface area contributed by atoms with Gasteiger partial charge >= 0.3 is 23.9 Å². The van der Waals surface area contributed by atoms with Crippen LogP contribution in [0.15, 0.2) is 0 Å². The molecular weight excluding hydrogens is 258 g/mol. The summed E-state index contributed by atoms with van der Waals surface area (Å²) in [5.41, 5.74) is -5.54. The Kier molecular flexibility index (Phi) is 4.44. The summed E-state index contributed by atoms with van der Waals surface area (Å²) in [6, 6.07) is 0. The van der Waals surface area contributed by atoms with Gasteiger partial charge in [-0.25, -0.2) is 9.18 Å². The molecule has 0 aliphatic carbocycles. The van der Waals surface area contributed by atoms with Crippen molar-refractivity contribution in [1.82, 2.24) is 0 Å². The first-order valence-corrected chi connectivity index (χ1v) is 4.29. The minimum Gasteiger partial charge on any atom is -0.466 e. The molecule has 0 amide bonds. The minimum atomic E-state index is -6.17. The van der Waals surface area contributed by atoms with Gasteiger partial charge in [0.1, 0.15) is 0 Å². The van der Waals surface area contributed by atoms with Gasteiger partial charge in [0.25, 0.3) is 0 Å². The Hall–Kier alpha value is -0.990. The van der Waals surface area contributed by atoms with Crippen molar-refractivity contribution in [1.29, 1.82) is 0 Å². The molecule has 0 heterocycles. The van der Waals surface area contributed by atoms with Gasteiger partial charge in [-0.1, -0.05) is 0 Å². The molecule has 0 saturated heterocycles. The molecule has 0 rings (SSSR count). The molecule has 1 unspecified atom stereocenters. The summed E-state index contributed by atoms with van der Waals surface area (Å²) in [5, 5.41) is 0. The average Bonchev–Trinajstić information content (AvgIpc) is 2.11. The third kappa shape index (κ3) is 2.82. The smallest absolute Gasteiger partial charge is 0.442 e. The SMILES string of the molecule is COC(=O)C(F)(C(F)(F)F)C(F)(F)OC(C)C. The van der Waals surface area contributed by atoms with Crippen molar-refractivity contribution in [3.8, 4) is 0 Å². The van der Waals surface area contributed by atoms with E-state index < -0.39 is 30.0 Å². The van der Waals surface area contributed by atoms with Crippen molar-refractivity contribution in [3.05, 3.63) is 0 Å². The van der Waals surface area contributed by atoms with Crippen LogP contribution in [0.25, 0.3) is 0 Å². The predicted molar refractivity (Wildman–Crippen MR) is 43.1 cm³/mol. The maximum absolute atomic E-state index is 13.4. The number of rotatable bonds is 4. The van der Waals surface area contributed by atoms with Gasteiger partial charge in [-0.2, -0.15) is 22.0 Å². The number of methoxy groups -OCH3 is 1. The lowest BCUT2D eigenvalue weighted by Crippen LogP contribution is -2.62. The van der Waals surface area contributed by atoms with Crippen molar-refractivity contribution in [3.63, 3.8) is 0 Å². The molecule has 0 bridgehead atoms. The monoisotopic (exact) mass is 268 g/mol. The van der Waals surface area contributed by atoms with E-state index in [1.807, 2.05) is 0 Å². The Morgan fingerprint density at radius 2 is 1.47 bits per heavy atom. The van der Waals surface area contributed by atoms with Gasteiger partial charge in [0.15, 0.2) is 0 Å². The highest BCUT2D eigenvalue weighted by atomic mass is 19.4. The van der Waals surface area contributed by atoms with Crippen LogP contribution >= 0.6 is 0 Å². The molecule has 17 heavy (non-hydrogen) atoms. The zero-order valence-corrected chi connectivity index (χ0v) is 9.07. The van der Waals surface area contributed by atoms with Crippen LogP contribution in [0.1, 0.15) is 13.8 Å². The Bertz CT molecular complexity index is 287. The van der Waals surface area contributed by atoms with Gasteiger partial charge in [-0.05, 0) is 13.8 Å². The molecule has 0 aromatic rings. The summed E-state index contributed by atoms with van der Waals surface area (Å²) in [5.74, 6) is -2.77. The molecule has 9 heteroatoms. The lowest BCUT2D eigenvalue weighted by atomic mass is 10.0. The number of hydrogen-bond donors (Lipinski definition) is 0. The maximum Gasteiger partial charge on any atom is 0.442 e. The Morgan fingerprint density at radius 1 is 1.06 bits per heavy atom. The molecule has 0 aliphatic heterocycles. The Morgan fingerprint density at radius 3 is 1.71 bits per heavy atom. The fourth-order valence-corrected chi connectivity index (χ4v) is 0.917. The predicted octanol–water partition coefficient (Wildman–Crippen LogP) is 2.45. The van der Waals surface area contributed by atoms with E-state index in [9.17, 15) is 31.1 Å². The quantitative estimate of drug-likeness (QED) is 0.580. The van der Waals surface area contributed by atoms with Gasteiger partial charge in [0.2, 0.25) is 0 Å². The van der Waals surface area contributed by atoms with Gasteiger partial charge < -0.3 is 9.47 Å². The minimum absolute atomic E-state index is 0.355. The van der Waals surface area contributed by atoms with Crippen molar-refractivity contribution in [2.75, 3.05) is 7.11 Å². The Labute approximate surface area is 92.7 Å². The molecular formula is C8H10F6O3. The third-order valence-electron chi connectivity index (χ3n) is 1.64. The normalized spacial score (nSPS) is 16.8. The lowest BCUT2D eigenvalue weighted by Gasteiger charge is -2.32. The van der Waals surface area contributed by atoms with Crippen LogP contribution in [-0.2, 0) is 14.3 Å². The molecule has 0 N–H and O–H groups in total. The first-order valence-electron chi connectivity index (χ1n) is 4.29. The molecule has 0 aromatic carbocycles. The fourth-order valence-electron chi connectivity index (χ4n) is 0.917. The van der Waals surface area contributed by atoms with Crippen LogP contribution in [0.5, 0.6) is 0 Å². The Balaban J connectivity index is 5.56. The highest BCUT2D eigenvalue weighted by Gasteiger charge is 2.78. The van der Waals surface area contributed by atoms with Gasteiger partial charge in [-0.3, -0.25) is 0 Å². The van der Waals surface area contributed by atoms with E-state index in [4.69, 9.17) is 0 Å². The molecule has 0 aliphatic rings. The lowest BCUT2D eigenvalue weighted by molar-refractivity contribution is -0.379. The summed E-state index contributed by atoms with van der Waals surface area (Å²) in [6.07, 6.45) is -13.0. The zero-order valence-electron chi connectivity index (χ0n) is 9.07. The summed E-state index contributed by atoms with van der Waals surface area (Å²) >= 11 is 0. The van der Waals surface area contributed by atoms with Gasteiger partial charge in [-0.15, -0.1) is 0 Å². The van der Waals surface area contributed by atoms with E-state index in [-0.39, 0.29) is 0 Å². The van der Waals surface area contributed by atoms with Crippen LogP contribution < -0.4 is 0 Å². The van der Waals surface area contributed by atoms with Gasteiger partial charge in [0, 0.05) is 0 Å². The maximum atomic E-state index is 13.4. The standard InChI is InChI=1S/C8H10F6O3/c1-4(2)17-8(13,14)6(9,5(15)16-3)7(10,11)12/h4H,1-3H3. The van der Waals surface area contributed by atoms with E-state index >= 15 is 0 Å². The molecule has 0 radical (unpaired) electrons. The van der Waals surface area contributed by atoms with Crippen LogP contribution in [0.3, 0.4) is 0 Å². The molecule has 102 valence electrons. The van der Waals surface area contributed by atoms with Crippen LogP contribution in [0.2, 0.25) is 0 Å². The summed E-state index contributed by atoms with van der Waals surface area (Å²) in [6.45, 7) is 1.92. The second-order valence-electron chi connectivity index (χ2n) is 3.33. The highest BCUT2D eigenvalue weighted by molar-refractivity contribution is 5.81. The van der Waals surface area contributed by atoms with Crippen LogP contribution in [0.4, 0.5) is 26.3 Å². The van der Waals surface area contributed by atoms with E-state index in [1.54, 1.807) is 0 Å². The number of esters is 1. The van der Waals surface area contributed by atoms with Crippen molar-refractivity contribution < 1.29 is 40.6 Å². The first kappa shape index (κ1) is 16.0. The molecule has 0 spiro atoms. The molecule has 1 atom stereocenters. The number of carbonyl (C=O) groups is 1. The number of halogens is 6. The van der Waals surface area contributed by atoms with Crippen LogP contribution in [-0.4, -0.2) is 37.1 Å². The van der Waals surface area contributed by atoms with E-state index in [0.29, 0.717) is 7.11 Å². The van der Waals surface area contributed by atoms with Crippen molar-refractivity contribution in [2.24, 2.45) is 0 Å². The molecule has 3 nitrogen and oxygen atoms in total. The topological polar surface area (TPSA) is 35.5 Å². The van der Waals surface area contributed by atoms with Crippen molar-refractivity contribution in [2.45, 2.75) is 37.9 Å². The summed E-state index contributed by atoms with van der Waals surface area (Å²) < 4.78 is 83.1. The third-order valence-corrected chi connectivity index (χ3v) is 1.64. The highest BCUT2D eigenvalue weighted by Crippen LogP contribution is 2.47. The van der Waals surface area contributed by atoms with E-state index in [2.05, 4.69) is 9.47 Å². The summed E-state index contributed by atoms with van der Waals surface area (Å²) in [4.78, 5) is 10.6. The molecule has 0 saturated carbocycles. The number of carbonyl (C=O) groups excluding carboxylic acids is 1. The number of hydrogen-bond acceptors (Lipinski definition) is 3. The fraction of sp³-hybridized carbons (Fsp3) is 0.875. The summed E-state index contributed by atoms with van der Waals surface area (Å²) in [7, 11) is 0.355. The number of ether oxygens (including phenoxy) is 2. The molecule has 0 aromatic heterocycles. The second-order valence-corrected chi connectivity index (χ2v) is 3.33. The van der Waals surface area contributed by atoms with Crippen molar-refractivity contribution >= 4 is 5.97 Å². The van der Waals surface area contributed by atoms with E-state index in [1.165, 1.54) is 0 Å². The van der Waals surface area contributed by atoms with Gasteiger partial charge in [0.05, 0.1) is 13.2 Å². The second kappa shape index (κ2) is 4.71. The largest absolute Gasteiger partial charge is 0.466 e. The average molecular weight is 268 g/mol. The van der Waals surface area contributed by atoms with E-state index in [0.717, 1.165) is 13.8 Å². The van der Waals surface area contributed by atoms with Crippen LogP contribution in [0, 0.1) is 0 Å². The molecule has 0 fully saturated rings. The zero-order chi connectivity index (χ0) is 14.1. The first-order chi connectivity index (χ1) is 7.40. The number of alkyl halides is 6.